The van der Waals surface area contributed by atoms with Crippen molar-refractivity contribution in [2.45, 2.75) is 10.9 Å². The summed E-state index contributed by atoms with van der Waals surface area (Å²) < 4.78 is 18.3. The second-order valence-electron chi connectivity index (χ2n) is 5.93. The molecule has 0 spiro atoms. The van der Waals surface area contributed by atoms with Crippen molar-refractivity contribution in [1.29, 1.82) is 0 Å². The fourth-order valence-electron chi connectivity index (χ4n) is 2.83. The lowest BCUT2D eigenvalue weighted by Crippen LogP contribution is -2.02. The number of benzene rings is 2. The highest BCUT2D eigenvalue weighted by Crippen LogP contribution is 2.33. The van der Waals surface area contributed by atoms with Gasteiger partial charge in [-0.2, -0.15) is 0 Å². The van der Waals surface area contributed by atoms with Crippen molar-refractivity contribution in [1.82, 2.24) is 14.8 Å². The van der Waals surface area contributed by atoms with Gasteiger partial charge in [0.15, 0.2) is 10.9 Å². The number of aromatic nitrogens is 3. The molecule has 0 unspecified atom stereocenters. The maximum atomic E-state index is 5.57. The van der Waals surface area contributed by atoms with Crippen LogP contribution in [0.1, 0.15) is 5.56 Å². The SMILES string of the molecule is COc1ccc(CSc2nnc(-c3ccco3)n2-c2ccccc2OC)cc1. The summed E-state index contributed by atoms with van der Waals surface area (Å²) in [6.45, 7) is 0. The van der Waals surface area contributed by atoms with E-state index in [1.54, 1.807) is 32.2 Å². The molecular weight excluding hydrogens is 374 g/mol. The highest BCUT2D eigenvalue weighted by atomic mass is 32.2. The number of hydrogen-bond donors (Lipinski definition) is 0. The van der Waals surface area contributed by atoms with E-state index < -0.39 is 0 Å². The van der Waals surface area contributed by atoms with Gasteiger partial charge in [-0.3, -0.25) is 4.57 Å². The topological polar surface area (TPSA) is 62.3 Å². The first-order chi connectivity index (χ1) is 13.8. The van der Waals surface area contributed by atoms with Gasteiger partial charge in [0, 0.05) is 5.75 Å². The van der Waals surface area contributed by atoms with Gasteiger partial charge in [0.2, 0.25) is 5.82 Å². The highest BCUT2D eigenvalue weighted by Gasteiger charge is 2.20. The third-order valence-corrected chi connectivity index (χ3v) is 5.23. The van der Waals surface area contributed by atoms with Crippen LogP contribution in [-0.4, -0.2) is 29.0 Å². The van der Waals surface area contributed by atoms with Crippen molar-refractivity contribution in [2.24, 2.45) is 0 Å². The van der Waals surface area contributed by atoms with Gasteiger partial charge in [-0.25, -0.2) is 0 Å². The molecule has 0 atom stereocenters. The fraction of sp³-hybridized carbons (Fsp3) is 0.143. The molecule has 7 heteroatoms. The summed E-state index contributed by atoms with van der Waals surface area (Å²) in [5.41, 5.74) is 2.03. The number of rotatable bonds is 7. The lowest BCUT2D eigenvalue weighted by molar-refractivity contribution is 0.412. The van der Waals surface area contributed by atoms with E-state index in [0.29, 0.717) is 11.6 Å². The molecule has 2 aromatic heterocycles. The Bertz CT molecular complexity index is 1040. The lowest BCUT2D eigenvalue weighted by Gasteiger charge is -2.13. The molecule has 0 radical (unpaired) electrons. The smallest absolute Gasteiger partial charge is 0.205 e. The third-order valence-electron chi connectivity index (χ3n) is 4.23. The van der Waals surface area contributed by atoms with Crippen molar-refractivity contribution in [2.75, 3.05) is 14.2 Å². The molecule has 0 amide bonds. The second-order valence-corrected chi connectivity index (χ2v) is 6.87. The zero-order valence-corrected chi connectivity index (χ0v) is 16.3. The van der Waals surface area contributed by atoms with Crippen LogP contribution in [0.5, 0.6) is 11.5 Å². The highest BCUT2D eigenvalue weighted by molar-refractivity contribution is 7.98. The van der Waals surface area contributed by atoms with E-state index in [-0.39, 0.29) is 0 Å². The molecule has 0 aliphatic carbocycles. The van der Waals surface area contributed by atoms with Crippen LogP contribution in [0.2, 0.25) is 0 Å². The van der Waals surface area contributed by atoms with Crippen molar-refractivity contribution in [3.05, 3.63) is 72.5 Å². The van der Waals surface area contributed by atoms with Gasteiger partial charge < -0.3 is 13.9 Å². The second kappa shape index (κ2) is 8.22. The molecule has 0 aliphatic rings. The standard InChI is InChI=1S/C21H19N3O3S/c1-25-16-11-9-15(10-12-16)14-28-21-23-22-20(19-8-5-13-27-19)24(21)17-6-3-4-7-18(17)26-2/h3-13H,14H2,1-2H3. The molecule has 28 heavy (non-hydrogen) atoms. The maximum Gasteiger partial charge on any atom is 0.205 e. The van der Waals surface area contributed by atoms with E-state index in [0.717, 1.165) is 28.1 Å². The molecule has 2 heterocycles. The van der Waals surface area contributed by atoms with E-state index in [1.165, 1.54) is 5.56 Å². The van der Waals surface area contributed by atoms with Crippen LogP contribution in [-0.2, 0) is 5.75 Å². The first-order valence-corrected chi connectivity index (χ1v) is 9.67. The molecule has 0 N–H and O–H groups in total. The van der Waals surface area contributed by atoms with E-state index in [9.17, 15) is 0 Å². The summed E-state index contributed by atoms with van der Waals surface area (Å²) in [5, 5.41) is 9.54. The normalized spacial score (nSPS) is 10.8. The van der Waals surface area contributed by atoms with Crippen LogP contribution in [0.4, 0.5) is 0 Å². The Morgan fingerprint density at radius 1 is 0.929 bits per heavy atom. The summed E-state index contributed by atoms with van der Waals surface area (Å²) in [6.07, 6.45) is 1.63. The summed E-state index contributed by atoms with van der Waals surface area (Å²) in [6, 6.07) is 19.5. The van der Waals surface area contributed by atoms with Crippen LogP contribution in [0.15, 0.2) is 76.5 Å². The van der Waals surface area contributed by atoms with Gasteiger partial charge in [0.05, 0.1) is 26.2 Å². The van der Waals surface area contributed by atoms with Crippen molar-refractivity contribution in [3.8, 4) is 28.8 Å². The molecule has 0 fully saturated rings. The number of para-hydroxylation sites is 2. The number of nitrogens with zero attached hydrogens (tertiary/aromatic N) is 3. The minimum Gasteiger partial charge on any atom is -0.497 e. The van der Waals surface area contributed by atoms with Gasteiger partial charge >= 0.3 is 0 Å². The van der Waals surface area contributed by atoms with Gasteiger partial charge in [0.25, 0.3) is 0 Å². The minimum absolute atomic E-state index is 0.631. The quantitative estimate of drug-likeness (QED) is 0.419. The van der Waals surface area contributed by atoms with Crippen molar-refractivity contribution < 1.29 is 13.9 Å². The van der Waals surface area contributed by atoms with Crippen LogP contribution in [0, 0.1) is 0 Å². The molecule has 0 saturated heterocycles. The summed E-state index contributed by atoms with van der Waals surface area (Å²) in [4.78, 5) is 0. The number of hydrogen-bond acceptors (Lipinski definition) is 6. The number of methoxy groups -OCH3 is 2. The zero-order chi connectivity index (χ0) is 19.3. The van der Waals surface area contributed by atoms with Gasteiger partial charge in [-0.15, -0.1) is 10.2 Å². The van der Waals surface area contributed by atoms with E-state index in [1.807, 2.05) is 65.2 Å². The summed E-state index contributed by atoms with van der Waals surface area (Å²) >= 11 is 1.60. The Balaban J connectivity index is 1.71. The first-order valence-electron chi connectivity index (χ1n) is 8.68. The molecule has 0 saturated carbocycles. The molecular formula is C21H19N3O3S. The van der Waals surface area contributed by atoms with Gasteiger partial charge in [-0.05, 0) is 42.0 Å². The zero-order valence-electron chi connectivity index (χ0n) is 15.5. The summed E-state index contributed by atoms with van der Waals surface area (Å²) in [5.74, 6) is 3.60. The molecule has 6 nitrogen and oxygen atoms in total. The average molecular weight is 393 g/mol. The Kier molecular flexibility index (Phi) is 5.34. The predicted molar refractivity (Wildman–Crippen MR) is 108 cm³/mol. The van der Waals surface area contributed by atoms with Crippen LogP contribution in [0.25, 0.3) is 17.3 Å². The van der Waals surface area contributed by atoms with Crippen LogP contribution in [0.3, 0.4) is 0 Å². The Hall–Kier alpha value is -3.19. The predicted octanol–water partition coefficient (Wildman–Crippen LogP) is 4.84. The molecule has 0 aliphatic heterocycles. The number of ether oxygens (including phenoxy) is 2. The summed E-state index contributed by atoms with van der Waals surface area (Å²) in [7, 11) is 3.32. The Morgan fingerprint density at radius 2 is 1.75 bits per heavy atom. The van der Waals surface area contributed by atoms with Crippen molar-refractivity contribution in [3.63, 3.8) is 0 Å². The molecule has 2 aromatic carbocycles. The van der Waals surface area contributed by atoms with Gasteiger partial charge in [0.1, 0.15) is 11.5 Å². The largest absolute Gasteiger partial charge is 0.497 e. The minimum atomic E-state index is 0.631. The monoisotopic (exact) mass is 393 g/mol. The third kappa shape index (κ3) is 3.61. The Morgan fingerprint density at radius 3 is 2.46 bits per heavy atom. The van der Waals surface area contributed by atoms with E-state index >= 15 is 0 Å². The molecule has 4 aromatic rings. The Labute approximate surface area is 167 Å². The molecule has 142 valence electrons. The number of furan rings is 1. The van der Waals surface area contributed by atoms with Crippen LogP contribution < -0.4 is 9.47 Å². The maximum absolute atomic E-state index is 5.57. The van der Waals surface area contributed by atoms with Gasteiger partial charge in [-0.1, -0.05) is 36.0 Å². The molecule has 4 rings (SSSR count). The van der Waals surface area contributed by atoms with E-state index in [2.05, 4.69) is 10.2 Å². The van der Waals surface area contributed by atoms with Crippen LogP contribution >= 0.6 is 11.8 Å². The van der Waals surface area contributed by atoms with Crippen molar-refractivity contribution >= 4 is 11.8 Å². The van der Waals surface area contributed by atoms with E-state index in [4.69, 9.17) is 13.9 Å². The lowest BCUT2D eigenvalue weighted by atomic mass is 10.2. The first kappa shape index (κ1) is 18.2. The fourth-order valence-corrected chi connectivity index (χ4v) is 3.73. The molecule has 0 bridgehead atoms. The average Bonchev–Trinajstić information content (AvgIpc) is 3.42. The number of thioether (sulfide) groups is 1.